The Morgan fingerprint density at radius 2 is 2.20 bits per heavy atom. The highest BCUT2D eigenvalue weighted by Gasteiger charge is 1.92. The average Bonchev–Trinajstić information content (AvgIpc) is 1.95. The third-order valence-electron chi connectivity index (χ3n) is 1.43. The fraction of sp³-hybridized carbons (Fsp3) is 0.111. The van der Waals surface area contributed by atoms with Crippen molar-refractivity contribution < 1.29 is 4.79 Å². The normalized spacial score (nSPS) is 9.40. The first-order chi connectivity index (χ1) is 4.74. The molecule has 0 amide bonds. The van der Waals surface area contributed by atoms with Crippen LogP contribution in [0.3, 0.4) is 0 Å². The molecule has 0 fully saturated rings. The third kappa shape index (κ3) is 1.24. The van der Waals surface area contributed by atoms with Gasteiger partial charge in [0.15, 0.2) is 0 Å². The van der Waals surface area contributed by atoms with E-state index in [9.17, 15) is 4.79 Å². The van der Waals surface area contributed by atoms with E-state index in [4.69, 9.17) is 6.92 Å². The van der Waals surface area contributed by atoms with Gasteiger partial charge in [0, 0.05) is 5.56 Å². The Morgan fingerprint density at radius 3 is 2.70 bits per heavy atom. The summed E-state index contributed by atoms with van der Waals surface area (Å²) < 4.78 is 0. The van der Waals surface area contributed by atoms with Crippen LogP contribution in [0.1, 0.15) is 21.5 Å². The van der Waals surface area contributed by atoms with E-state index in [0.717, 1.165) is 17.4 Å². The zero-order valence-corrected chi connectivity index (χ0v) is 5.79. The Balaban J connectivity index is 3.16. The van der Waals surface area contributed by atoms with E-state index >= 15 is 0 Å². The highest BCUT2D eigenvalue weighted by atomic mass is 16.1. The molecule has 0 aromatic heterocycles. The SMILES string of the molecule is [CH]c1ccc(C=O)cc1C. The van der Waals surface area contributed by atoms with Crippen molar-refractivity contribution in [3.05, 3.63) is 41.8 Å². The van der Waals surface area contributed by atoms with Crippen molar-refractivity contribution in [3.8, 4) is 0 Å². The minimum absolute atomic E-state index is 0.673. The first-order valence-corrected chi connectivity index (χ1v) is 3.05. The smallest absolute Gasteiger partial charge is 0.150 e. The minimum atomic E-state index is 0.673. The number of aryl methyl sites for hydroxylation is 1. The second kappa shape index (κ2) is 2.65. The molecule has 0 saturated heterocycles. The standard InChI is InChI=1S/C9H8O/c1-7-3-4-9(6-10)5-8(7)2/h1,3-6H,2H3. The summed E-state index contributed by atoms with van der Waals surface area (Å²) in [5.41, 5.74) is 2.35. The van der Waals surface area contributed by atoms with E-state index in [1.165, 1.54) is 0 Å². The summed E-state index contributed by atoms with van der Waals surface area (Å²) in [6, 6.07) is 5.21. The van der Waals surface area contributed by atoms with Gasteiger partial charge in [0.25, 0.3) is 0 Å². The van der Waals surface area contributed by atoms with Gasteiger partial charge in [-0.2, -0.15) is 0 Å². The second-order valence-electron chi connectivity index (χ2n) is 2.23. The van der Waals surface area contributed by atoms with Crippen LogP contribution in [0.4, 0.5) is 0 Å². The highest BCUT2D eigenvalue weighted by molar-refractivity contribution is 5.75. The van der Waals surface area contributed by atoms with E-state index in [-0.39, 0.29) is 0 Å². The molecule has 0 atom stereocenters. The maximum atomic E-state index is 10.2. The summed E-state index contributed by atoms with van der Waals surface area (Å²) in [5.74, 6) is 0. The summed E-state index contributed by atoms with van der Waals surface area (Å²) in [6.07, 6.45) is 0.812. The number of rotatable bonds is 1. The fourth-order valence-electron chi connectivity index (χ4n) is 0.772. The predicted molar refractivity (Wildman–Crippen MR) is 40.0 cm³/mol. The predicted octanol–water partition coefficient (Wildman–Crippen LogP) is 1.87. The van der Waals surface area contributed by atoms with Gasteiger partial charge in [-0.1, -0.05) is 12.1 Å². The molecular weight excluding hydrogens is 124 g/mol. The van der Waals surface area contributed by atoms with Crippen LogP contribution in [0.15, 0.2) is 18.2 Å². The van der Waals surface area contributed by atoms with Gasteiger partial charge < -0.3 is 0 Å². The maximum absolute atomic E-state index is 10.2. The topological polar surface area (TPSA) is 17.1 Å². The van der Waals surface area contributed by atoms with Gasteiger partial charge in [0.2, 0.25) is 0 Å². The van der Waals surface area contributed by atoms with Gasteiger partial charge in [0.1, 0.15) is 6.29 Å². The Hall–Kier alpha value is -1.11. The molecule has 1 nitrogen and oxygen atoms in total. The van der Waals surface area contributed by atoms with Crippen LogP contribution >= 0.6 is 0 Å². The molecule has 0 spiro atoms. The number of carbonyl (C=O) groups excluding carboxylic acids is 1. The lowest BCUT2D eigenvalue weighted by molar-refractivity contribution is 0.112. The molecule has 2 radical (unpaired) electrons. The largest absolute Gasteiger partial charge is 0.298 e. The Bertz CT molecular complexity index is 251. The molecule has 0 unspecified atom stereocenters. The minimum Gasteiger partial charge on any atom is -0.298 e. The van der Waals surface area contributed by atoms with Crippen LogP contribution in [0.25, 0.3) is 0 Å². The molecule has 1 heteroatoms. The van der Waals surface area contributed by atoms with Gasteiger partial charge in [-0.3, -0.25) is 4.79 Å². The van der Waals surface area contributed by atoms with Crippen LogP contribution in [0.5, 0.6) is 0 Å². The lowest BCUT2D eigenvalue weighted by atomic mass is 10.1. The molecule has 0 N–H and O–H groups in total. The molecular formula is C9H8O. The molecule has 50 valence electrons. The summed E-state index contributed by atoms with van der Waals surface area (Å²) in [7, 11) is 0. The lowest BCUT2D eigenvalue weighted by Gasteiger charge is -1.97. The molecule has 1 aromatic carbocycles. The third-order valence-corrected chi connectivity index (χ3v) is 1.43. The Morgan fingerprint density at radius 1 is 1.50 bits per heavy atom. The number of hydrogen-bond donors (Lipinski definition) is 0. The number of aldehydes is 1. The zero-order chi connectivity index (χ0) is 7.56. The van der Waals surface area contributed by atoms with Crippen LogP contribution < -0.4 is 0 Å². The van der Waals surface area contributed by atoms with Crippen LogP contribution in [-0.2, 0) is 0 Å². The van der Waals surface area contributed by atoms with Gasteiger partial charge >= 0.3 is 0 Å². The van der Waals surface area contributed by atoms with Gasteiger partial charge in [0.05, 0.1) is 0 Å². The molecule has 0 aliphatic heterocycles. The fourth-order valence-corrected chi connectivity index (χ4v) is 0.772. The molecule has 0 heterocycles. The molecule has 0 bridgehead atoms. The zero-order valence-electron chi connectivity index (χ0n) is 5.79. The van der Waals surface area contributed by atoms with E-state index in [1.54, 1.807) is 18.2 Å². The first-order valence-electron chi connectivity index (χ1n) is 3.05. The summed E-state index contributed by atoms with van der Waals surface area (Å²) in [6.45, 7) is 7.40. The lowest BCUT2D eigenvalue weighted by Crippen LogP contribution is -1.84. The molecule has 0 saturated carbocycles. The van der Waals surface area contributed by atoms with Crippen LogP contribution in [0, 0.1) is 13.8 Å². The van der Waals surface area contributed by atoms with Crippen molar-refractivity contribution in [1.82, 2.24) is 0 Å². The van der Waals surface area contributed by atoms with E-state index in [0.29, 0.717) is 5.56 Å². The Labute approximate surface area is 60.7 Å². The van der Waals surface area contributed by atoms with Crippen molar-refractivity contribution in [2.24, 2.45) is 0 Å². The van der Waals surface area contributed by atoms with E-state index in [1.807, 2.05) is 6.92 Å². The Kier molecular flexibility index (Phi) is 1.86. The van der Waals surface area contributed by atoms with Crippen molar-refractivity contribution in [2.45, 2.75) is 6.92 Å². The van der Waals surface area contributed by atoms with Crippen molar-refractivity contribution >= 4 is 6.29 Å². The molecule has 1 aromatic rings. The van der Waals surface area contributed by atoms with Crippen molar-refractivity contribution in [1.29, 1.82) is 0 Å². The first kappa shape index (κ1) is 7.00. The summed E-state index contributed by atoms with van der Waals surface area (Å²) >= 11 is 0. The van der Waals surface area contributed by atoms with Gasteiger partial charge in [-0.15, -0.1) is 0 Å². The maximum Gasteiger partial charge on any atom is 0.150 e. The van der Waals surface area contributed by atoms with E-state index in [2.05, 4.69) is 0 Å². The average molecular weight is 132 g/mol. The summed E-state index contributed by atoms with van der Waals surface area (Å²) in [5, 5.41) is 0. The molecule has 1 rings (SSSR count). The molecule has 10 heavy (non-hydrogen) atoms. The van der Waals surface area contributed by atoms with Crippen molar-refractivity contribution in [3.63, 3.8) is 0 Å². The number of hydrogen-bond acceptors (Lipinski definition) is 1. The second-order valence-corrected chi connectivity index (χ2v) is 2.23. The van der Waals surface area contributed by atoms with Gasteiger partial charge in [-0.25, -0.2) is 0 Å². The van der Waals surface area contributed by atoms with Crippen molar-refractivity contribution in [2.75, 3.05) is 0 Å². The number of benzene rings is 1. The molecule has 0 aliphatic carbocycles. The monoisotopic (exact) mass is 132 g/mol. The van der Waals surface area contributed by atoms with Gasteiger partial charge in [-0.05, 0) is 31.0 Å². The quantitative estimate of drug-likeness (QED) is 0.533. The number of carbonyl (C=O) groups is 1. The highest BCUT2D eigenvalue weighted by Crippen LogP contribution is 2.07. The molecule has 0 aliphatic rings. The van der Waals surface area contributed by atoms with Crippen LogP contribution in [-0.4, -0.2) is 6.29 Å². The summed E-state index contributed by atoms with van der Waals surface area (Å²) in [4.78, 5) is 10.2. The van der Waals surface area contributed by atoms with Crippen LogP contribution in [0.2, 0.25) is 0 Å². The van der Waals surface area contributed by atoms with E-state index < -0.39 is 0 Å².